The lowest BCUT2D eigenvalue weighted by molar-refractivity contribution is 0.660. The summed E-state index contributed by atoms with van der Waals surface area (Å²) in [6.45, 7) is 14.0. The number of allylic oxidation sites excluding steroid dienone is 4. The number of benzene rings is 7. The maximum Gasteiger partial charge on any atom is 0.0677 e. The molecule has 10 rings (SSSR count). The second-order valence-corrected chi connectivity index (χ2v) is 17.0. The molecule has 7 aromatic rings. The fourth-order valence-electron chi connectivity index (χ4n) is 10.3. The van der Waals surface area contributed by atoms with Crippen molar-refractivity contribution in [2.75, 3.05) is 4.90 Å². The largest absolute Gasteiger partial charge is 0.310 e. The molecule has 0 N–H and O–H groups in total. The Bertz CT molecular complexity index is 2780. The summed E-state index contributed by atoms with van der Waals surface area (Å²) in [5.74, 6) is 0. The van der Waals surface area contributed by atoms with Gasteiger partial charge in [-0.05, 0) is 143 Å². The Morgan fingerprint density at radius 3 is 1.88 bits per heavy atom. The maximum absolute atomic E-state index is 2.59. The van der Waals surface area contributed by atoms with E-state index in [0.29, 0.717) is 0 Å². The zero-order chi connectivity index (χ0) is 39.1. The summed E-state index contributed by atoms with van der Waals surface area (Å²) in [4.78, 5) is 2.59. The number of aryl methyl sites for hydroxylation is 3. The first-order valence-corrected chi connectivity index (χ1v) is 20.6. The highest BCUT2D eigenvalue weighted by atomic mass is 15.1. The van der Waals surface area contributed by atoms with Crippen LogP contribution in [0.1, 0.15) is 76.8 Å². The van der Waals surface area contributed by atoms with Gasteiger partial charge in [-0.3, -0.25) is 0 Å². The Balaban J connectivity index is 1.30. The number of nitrogens with zero attached hydrogens (tertiary/aromatic N) is 1. The van der Waals surface area contributed by atoms with Gasteiger partial charge < -0.3 is 4.90 Å². The Morgan fingerprint density at radius 2 is 1.14 bits per heavy atom. The third-order valence-corrected chi connectivity index (χ3v) is 13.5. The third-order valence-electron chi connectivity index (χ3n) is 13.5. The summed E-state index contributed by atoms with van der Waals surface area (Å²) in [6, 6.07) is 55.1. The number of hydrogen-bond donors (Lipinski definition) is 0. The van der Waals surface area contributed by atoms with Crippen LogP contribution in [0, 0.1) is 27.7 Å². The fourth-order valence-corrected chi connectivity index (χ4v) is 10.3. The average Bonchev–Trinajstić information content (AvgIpc) is 3.65. The van der Waals surface area contributed by atoms with Crippen LogP contribution < -0.4 is 4.90 Å². The fraction of sp³-hybridized carbons (Fsp3) is 0.179. The Labute approximate surface area is 338 Å². The van der Waals surface area contributed by atoms with Crippen LogP contribution >= 0.6 is 0 Å². The molecule has 278 valence electrons. The van der Waals surface area contributed by atoms with E-state index in [4.69, 9.17) is 0 Å². The summed E-state index contributed by atoms with van der Waals surface area (Å²) in [7, 11) is 0. The Morgan fingerprint density at radius 1 is 0.509 bits per heavy atom. The van der Waals surface area contributed by atoms with E-state index in [9.17, 15) is 0 Å². The molecule has 1 nitrogen and oxygen atoms in total. The van der Waals surface area contributed by atoms with Crippen molar-refractivity contribution in [2.24, 2.45) is 0 Å². The van der Waals surface area contributed by atoms with Gasteiger partial charge in [0.05, 0.1) is 11.1 Å². The Kier molecular flexibility index (Phi) is 8.17. The van der Waals surface area contributed by atoms with Crippen LogP contribution in [0.2, 0.25) is 0 Å². The summed E-state index contributed by atoms with van der Waals surface area (Å²) in [6.07, 6.45) is 9.08. The highest BCUT2D eigenvalue weighted by Crippen LogP contribution is 2.62. The van der Waals surface area contributed by atoms with Crippen molar-refractivity contribution in [1.29, 1.82) is 0 Å². The average molecular weight is 736 g/mol. The first-order valence-electron chi connectivity index (χ1n) is 20.6. The molecule has 0 aliphatic heterocycles. The molecule has 7 aromatic carbocycles. The second kappa shape index (κ2) is 13.2. The van der Waals surface area contributed by atoms with Gasteiger partial charge in [0.15, 0.2) is 0 Å². The molecule has 0 fully saturated rings. The predicted molar refractivity (Wildman–Crippen MR) is 241 cm³/mol. The van der Waals surface area contributed by atoms with Gasteiger partial charge in [-0.15, -0.1) is 0 Å². The minimum Gasteiger partial charge on any atom is -0.310 e. The van der Waals surface area contributed by atoms with Crippen LogP contribution in [0.5, 0.6) is 0 Å². The van der Waals surface area contributed by atoms with Crippen molar-refractivity contribution in [2.45, 2.75) is 65.2 Å². The van der Waals surface area contributed by atoms with Gasteiger partial charge in [-0.2, -0.15) is 0 Å². The number of rotatable bonds is 6. The molecule has 0 aromatic heterocycles. The normalized spacial score (nSPS) is 17.1. The first kappa shape index (κ1) is 35.2. The molecule has 0 amide bonds. The smallest absolute Gasteiger partial charge is 0.0677 e. The van der Waals surface area contributed by atoms with Crippen molar-refractivity contribution >= 4 is 17.1 Å². The van der Waals surface area contributed by atoms with Crippen molar-refractivity contribution in [1.82, 2.24) is 0 Å². The minimum absolute atomic E-state index is 0.126. The maximum atomic E-state index is 2.59. The molecule has 0 saturated carbocycles. The molecule has 1 unspecified atom stereocenters. The third kappa shape index (κ3) is 5.21. The molecule has 0 heterocycles. The molecule has 57 heavy (non-hydrogen) atoms. The standard InChI is InChI=1S/C56H49N/c1-36-32-48-51(33-37(36)2)56(42-20-12-8-13-21-42,43-22-14-9-15-23-43)52-34-38(3)39(4)54(53(48)52)57(44-28-26-41(27-29-44)40-18-10-7-11-19-40)45-30-31-47-46-24-16-17-25-49(46)55(5,6)50(47)35-45/h7-14,16-22,24-35H,15,23H2,1-6H3. The van der Waals surface area contributed by atoms with E-state index in [-0.39, 0.29) is 5.41 Å². The second-order valence-electron chi connectivity index (χ2n) is 17.0. The molecule has 0 radical (unpaired) electrons. The zero-order valence-corrected chi connectivity index (χ0v) is 33.9. The molecule has 1 atom stereocenters. The van der Waals surface area contributed by atoms with Gasteiger partial charge in [0.25, 0.3) is 0 Å². The SMILES string of the molecule is Cc1cc2c(cc1C)C(C1=CC=CCC1)(c1ccccc1)c1cc(C)c(C)c(N(c3ccc(-c4ccccc4)cc3)c3ccc4c(c3)C(C)(C)c3ccccc3-4)c1-2. The molecular weight excluding hydrogens is 687 g/mol. The summed E-state index contributed by atoms with van der Waals surface area (Å²) < 4.78 is 0. The molecule has 3 aliphatic rings. The number of fused-ring (bicyclic) bond motifs is 6. The van der Waals surface area contributed by atoms with Gasteiger partial charge >= 0.3 is 0 Å². The minimum atomic E-state index is -0.424. The van der Waals surface area contributed by atoms with E-state index in [1.165, 1.54) is 100 Å². The van der Waals surface area contributed by atoms with Crippen molar-refractivity contribution in [3.63, 3.8) is 0 Å². The zero-order valence-electron chi connectivity index (χ0n) is 33.9. The quantitative estimate of drug-likeness (QED) is 0.164. The van der Waals surface area contributed by atoms with E-state index < -0.39 is 5.41 Å². The number of hydrogen-bond acceptors (Lipinski definition) is 1. The molecule has 0 spiro atoms. The van der Waals surface area contributed by atoms with Crippen molar-refractivity contribution in [3.05, 3.63) is 219 Å². The highest BCUT2D eigenvalue weighted by molar-refractivity contribution is 6.00. The van der Waals surface area contributed by atoms with E-state index >= 15 is 0 Å². The van der Waals surface area contributed by atoms with Gasteiger partial charge in [0.1, 0.15) is 0 Å². The van der Waals surface area contributed by atoms with Crippen LogP contribution in [0.4, 0.5) is 17.1 Å². The van der Waals surface area contributed by atoms with E-state index in [2.05, 4.69) is 210 Å². The van der Waals surface area contributed by atoms with Crippen LogP contribution in [-0.4, -0.2) is 0 Å². The van der Waals surface area contributed by atoms with Crippen molar-refractivity contribution in [3.8, 4) is 33.4 Å². The molecule has 0 saturated heterocycles. The topological polar surface area (TPSA) is 3.24 Å². The summed E-state index contributed by atoms with van der Waals surface area (Å²) in [5, 5.41) is 0. The van der Waals surface area contributed by atoms with Gasteiger partial charge in [0.2, 0.25) is 0 Å². The van der Waals surface area contributed by atoms with Crippen LogP contribution in [0.25, 0.3) is 33.4 Å². The summed E-state index contributed by atoms with van der Waals surface area (Å²) in [5.41, 5.74) is 24.4. The lowest BCUT2D eigenvalue weighted by Crippen LogP contribution is -2.30. The molecule has 1 heteroatoms. The van der Waals surface area contributed by atoms with Gasteiger partial charge in [-0.1, -0.05) is 159 Å². The lowest BCUT2D eigenvalue weighted by atomic mass is 9.65. The predicted octanol–water partition coefficient (Wildman–Crippen LogP) is 15.0. The Hall–Kier alpha value is -6.18. The van der Waals surface area contributed by atoms with E-state index in [1.54, 1.807) is 0 Å². The van der Waals surface area contributed by atoms with E-state index in [0.717, 1.165) is 18.5 Å². The van der Waals surface area contributed by atoms with Crippen LogP contribution in [0.3, 0.4) is 0 Å². The highest BCUT2D eigenvalue weighted by Gasteiger charge is 2.49. The van der Waals surface area contributed by atoms with Crippen LogP contribution in [-0.2, 0) is 10.8 Å². The van der Waals surface area contributed by atoms with Gasteiger partial charge in [-0.25, -0.2) is 0 Å². The molecule has 3 aliphatic carbocycles. The van der Waals surface area contributed by atoms with E-state index in [1.807, 2.05) is 0 Å². The monoisotopic (exact) mass is 735 g/mol. The van der Waals surface area contributed by atoms with Crippen LogP contribution in [0.15, 0.2) is 169 Å². The van der Waals surface area contributed by atoms with Gasteiger partial charge in [0, 0.05) is 22.4 Å². The molecular formula is C56H49N. The molecule has 0 bridgehead atoms. The van der Waals surface area contributed by atoms with Crippen molar-refractivity contribution < 1.29 is 0 Å². The number of anilines is 3. The summed E-state index contributed by atoms with van der Waals surface area (Å²) >= 11 is 0. The first-order chi connectivity index (χ1) is 27.7. The lowest BCUT2D eigenvalue weighted by Gasteiger charge is -2.38.